The number of thioether (sulfide) groups is 1. The first kappa shape index (κ1) is 22.2. The van der Waals surface area contributed by atoms with Crippen LogP contribution in [0, 0.1) is 11.3 Å². The SMILES string of the molecule is COc1ccc(-c2nc(SC)nc(NCCCCN3CCCC3)c2C#N)cc1OC. The summed E-state index contributed by atoms with van der Waals surface area (Å²) in [6.07, 6.45) is 6.74. The number of ether oxygens (including phenoxy) is 2. The van der Waals surface area contributed by atoms with E-state index in [0.29, 0.717) is 33.7 Å². The van der Waals surface area contributed by atoms with E-state index in [-0.39, 0.29) is 0 Å². The van der Waals surface area contributed by atoms with Gasteiger partial charge in [-0.05, 0) is 69.8 Å². The summed E-state index contributed by atoms with van der Waals surface area (Å²) in [5.41, 5.74) is 1.83. The van der Waals surface area contributed by atoms with Crippen molar-refractivity contribution < 1.29 is 9.47 Å². The highest BCUT2D eigenvalue weighted by atomic mass is 32.2. The van der Waals surface area contributed by atoms with Gasteiger partial charge in [0.1, 0.15) is 17.5 Å². The highest BCUT2D eigenvalue weighted by Gasteiger charge is 2.18. The summed E-state index contributed by atoms with van der Waals surface area (Å²) in [4.78, 5) is 11.7. The minimum Gasteiger partial charge on any atom is -0.493 e. The van der Waals surface area contributed by atoms with E-state index in [1.54, 1.807) is 14.2 Å². The van der Waals surface area contributed by atoms with E-state index < -0.39 is 0 Å². The van der Waals surface area contributed by atoms with Crippen LogP contribution in [0.3, 0.4) is 0 Å². The molecule has 1 aromatic carbocycles. The highest BCUT2D eigenvalue weighted by Crippen LogP contribution is 2.35. The second-order valence-electron chi connectivity index (χ2n) is 7.15. The van der Waals surface area contributed by atoms with Crippen molar-refractivity contribution in [2.75, 3.05) is 52.0 Å². The Labute approximate surface area is 182 Å². The van der Waals surface area contributed by atoms with E-state index in [1.807, 2.05) is 24.5 Å². The molecule has 1 aromatic heterocycles. The molecule has 0 aliphatic carbocycles. The van der Waals surface area contributed by atoms with E-state index in [9.17, 15) is 5.26 Å². The predicted octanol–water partition coefficient (Wildman–Crippen LogP) is 4.04. The molecule has 30 heavy (non-hydrogen) atoms. The number of nitrogens with one attached hydrogen (secondary N) is 1. The van der Waals surface area contributed by atoms with E-state index in [2.05, 4.69) is 26.3 Å². The van der Waals surface area contributed by atoms with Crippen LogP contribution in [0.15, 0.2) is 23.4 Å². The molecule has 0 atom stereocenters. The lowest BCUT2D eigenvalue weighted by Crippen LogP contribution is -2.21. The van der Waals surface area contributed by atoms with Crippen LogP contribution in [0.2, 0.25) is 0 Å². The molecular weight excluding hydrogens is 398 g/mol. The fourth-order valence-electron chi connectivity index (χ4n) is 3.63. The van der Waals surface area contributed by atoms with Gasteiger partial charge in [0.25, 0.3) is 0 Å². The fourth-order valence-corrected chi connectivity index (χ4v) is 4.00. The molecule has 2 aromatic rings. The topological polar surface area (TPSA) is 83.3 Å². The number of rotatable bonds is 10. The largest absolute Gasteiger partial charge is 0.493 e. The van der Waals surface area contributed by atoms with Crippen LogP contribution in [0.5, 0.6) is 11.5 Å². The van der Waals surface area contributed by atoms with Crippen LogP contribution in [0.25, 0.3) is 11.3 Å². The quantitative estimate of drug-likeness (QED) is 0.345. The molecule has 0 amide bonds. The number of nitriles is 1. The van der Waals surface area contributed by atoms with E-state index in [0.717, 1.165) is 31.5 Å². The average Bonchev–Trinajstić information content (AvgIpc) is 3.31. The van der Waals surface area contributed by atoms with Gasteiger partial charge in [-0.2, -0.15) is 5.26 Å². The predicted molar refractivity (Wildman–Crippen MR) is 120 cm³/mol. The maximum atomic E-state index is 9.86. The molecule has 7 nitrogen and oxygen atoms in total. The van der Waals surface area contributed by atoms with Gasteiger partial charge in [-0.15, -0.1) is 0 Å². The Balaban J connectivity index is 1.78. The Kier molecular flexibility index (Phi) is 8.17. The van der Waals surface area contributed by atoms with Gasteiger partial charge in [-0.1, -0.05) is 11.8 Å². The molecule has 0 bridgehead atoms. The van der Waals surface area contributed by atoms with Gasteiger partial charge in [0, 0.05) is 12.1 Å². The van der Waals surface area contributed by atoms with Crippen molar-refractivity contribution >= 4 is 17.6 Å². The second kappa shape index (κ2) is 11.0. The fraction of sp³-hybridized carbons (Fsp3) is 0.500. The molecule has 1 saturated heterocycles. The minimum absolute atomic E-state index is 0.444. The maximum Gasteiger partial charge on any atom is 0.189 e. The summed E-state index contributed by atoms with van der Waals surface area (Å²) >= 11 is 1.45. The molecule has 160 valence electrons. The van der Waals surface area contributed by atoms with Crippen molar-refractivity contribution in [2.24, 2.45) is 0 Å². The zero-order chi connectivity index (χ0) is 21.3. The number of methoxy groups -OCH3 is 2. The number of benzene rings is 1. The van der Waals surface area contributed by atoms with E-state index in [1.165, 1.54) is 37.7 Å². The molecule has 1 fully saturated rings. The second-order valence-corrected chi connectivity index (χ2v) is 7.92. The van der Waals surface area contributed by atoms with Gasteiger partial charge in [-0.25, -0.2) is 9.97 Å². The third kappa shape index (κ3) is 5.35. The number of likely N-dealkylation sites (tertiary alicyclic amines) is 1. The van der Waals surface area contributed by atoms with Gasteiger partial charge in [0.05, 0.1) is 19.9 Å². The highest BCUT2D eigenvalue weighted by molar-refractivity contribution is 7.98. The lowest BCUT2D eigenvalue weighted by atomic mass is 10.1. The summed E-state index contributed by atoms with van der Waals surface area (Å²) in [5, 5.41) is 13.8. The third-order valence-electron chi connectivity index (χ3n) is 5.23. The first-order chi connectivity index (χ1) is 14.7. The van der Waals surface area contributed by atoms with Crippen LogP contribution >= 0.6 is 11.8 Å². The van der Waals surface area contributed by atoms with Crippen molar-refractivity contribution in [1.82, 2.24) is 14.9 Å². The van der Waals surface area contributed by atoms with Gasteiger partial charge < -0.3 is 19.7 Å². The molecule has 0 saturated carbocycles. The summed E-state index contributed by atoms with van der Waals surface area (Å²) in [7, 11) is 3.19. The summed E-state index contributed by atoms with van der Waals surface area (Å²) in [6, 6.07) is 7.83. The Morgan fingerprint density at radius 2 is 1.90 bits per heavy atom. The number of aromatic nitrogens is 2. The van der Waals surface area contributed by atoms with Crippen molar-refractivity contribution in [3.05, 3.63) is 23.8 Å². The molecule has 3 rings (SSSR count). The van der Waals surface area contributed by atoms with Gasteiger partial charge in [0.2, 0.25) is 0 Å². The Morgan fingerprint density at radius 3 is 2.57 bits per heavy atom. The molecule has 1 N–H and O–H groups in total. The van der Waals surface area contributed by atoms with Crippen LogP contribution in [0.4, 0.5) is 5.82 Å². The van der Waals surface area contributed by atoms with Crippen LogP contribution < -0.4 is 14.8 Å². The molecule has 1 aliphatic rings. The third-order valence-corrected chi connectivity index (χ3v) is 5.78. The number of hydrogen-bond donors (Lipinski definition) is 1. The number of nitrogens with zero attached hydrogens (tertiary/aromatic N) is 4. The maximum absolute atomic E-state index is 9.86. The number of hydrogen-bond acceptors (Lipinski definition) is 8. The number of anilines is 1. The van der Waals surface area contributed by atoms with Crippen molar-refractivity contribution in [3.8, 4) is 28.8 Å². The molecule has 2 heterocycles. The Bertz CT molecular complexity index is 894. The van der Waals surface area contributed by atoms with E-state index >= 15 is 0 Å². The van der Waals surface area contributed by atoms with E-state index in [4.69, 9.17) is 9.47 Å². The smallest absolute Gasteiger partial charge is 0.189 e. The number of unbranched alkanes of at least 4 members (excludes halogenated alkanes) is 1. The summed E-state index contributed by atoms with van der Waals surface area (Å²) in [6.45, 7) is 4.37. The van der Waals surface area contributed by atoms with Gasteiger partial charge in [0.15, 0.2) is 16.7 Å². The zero-order valence-corrected chi connectivity index (χ0v) is 18.7. The standard InChI is InChI=1S/C22H29N5O2S/c1-28-18-9-8-16(14-19(18)29-2)20-17(15-23)21(26-22(25-20)30-3)24-10-4-5-11-27-12-6-7-13-27/h8-9,14H,4-7,10-13H2,1-3H3,(H,24,25,26). The average molecular weight is 428 g/mol. The Hall–Kier alpha value is -2.50. The first-order valence-corrected chi connectivity index (χ1v) is 11.5. The molecule has 0 unspecified atom stereocenters. The minimum atomic E-state index is 0.444. The van der Waals surface area contributed by atoms with Gasteiger partial charge >= 0.3 is 0 Å². The normalized spacial score (nSPS) is 13.8. The van der Waals surface area contributed by atoms with Crippen LogP contribution in [-0.2, 0) is 0 Å². The molecular formula is C22H29N5O2S. The first-order valence-electron chi connectivity index (χ1n) is 10.2. The summed E-state index contributed by atoms with van der Waals surface area (Å²) in [5.74, 6) is 1.82. The van der Waals surface area contributed by atoms with Crippen LogP contribution in [0.1, 0.15) is 31.2 Å². The van der Waals surface area contributed by atoms with Crippen molar-refractivity contribution in [1.29, 1.82) is 5.26 Å². The lowest BCUT2D eigenvalue weighted by Gasteiger charge is -2.15. The van der Waals surface area contributed by atoms with Crippen LogP contribution in [-0.4, -0.2) is 61.5 Å². The summed E-state index contributed by atoms with van der Waals surface area (Å²) < 4.78 is 10.7. The lowest BCUT2D eigenvalue weighted by molar-refractivity contribution is 0.331. The molecule has 0 spiro atoms. The van der Waals surface area contributed by atoms with Crippen molar-refractivity contribution in [3.63, 3.8) is 0 Å². The molecule has 0 radical (unpaired) electrons. The monoisotopic (exact) mass is 427 g/mol. The van der Waals surface area contributed by atoms with Crippen molar-refractivity contribution in [2.45, 2.75) is 30.8 Å². The van der Waals surface area contributed by atoms with Gasteiger partial charge in [-0.3, -0.25) is 0 Å². The zero-order valence-electron chi connectivity index (χ0n) is 17.9. The molecule has 8 heteroatoms. The molecule has 1 aliphatic heterocycles. The Morgan fingerprint density at radius 1 is 1.13 bits per heavy atom.